The van der Waals surface area contributed by atoms with Gasteiger partial charge in [-0.1, -0.05) is 106 Å². The van der Waals surface area contributed by atoms with Crippen LogP contribution in [0.15, 0.2) is 84.9 Å². The highest BCUT2D eigenvalue weighted by molar-refractivity contribution is 6.28. The molecule has 3 aromatic carbocycles. The van der Waals surface area contributed by atoms with E-state index in [9.17, 15) is 0 Å². The zero-order chi connectivity index (χ0) is 17.2. The van der Waals surface area contributed by atoms with Crippen LogP contribution >= 0.6 is 11.6 Å². The van der Waals surface area contributed by atoms with E-state index < -0.39 is 4.87 Å². The van der Waals surface area contributed by atoms with Crippen LogP contribution in [-0.2, 0) is 10.3 Å². The lowest BCUT2D eigenvalue weighted by molar-refractivity contribution is 0.589. The number of hydrogen-bond donors (Lipinski definition) is 0. The molecule has 0 saturated heterocycles. The first-order chi connectivity index (χ1) is 11.4. The molecular weight excluding hydrogens is 312 g/mol. The van der Waals surface area contributed by atoms with Crippen LogP contribution in [0.5, 0.6) is 0 Å². The molecule has 0 saturated carbocycles. The smallest absolute Gasteiger partial charge is 0.104 e. The van der Waals surface area contributed by atoms with Crippen LogP contribution in [0, 0.1) is 0 Å². The third-order valence-corrected chi connectivity index (χ3v) is 5.15. The Balaban J connectivity index is 2.16. The average molecular weight is 335 g/mol. The minimum atomic E-state index is -0.682. The summed E-state index contributed by atoms with van der Waals surface area (Å²) < 4.78 is 0. The van der Waals surface area contributed by atoms with E-state index >= 15 is 0 Å². The van der Waals surface area contributed by atoms with Crippen LogP contribution in [-0.4, -0.2) is 0 Å². The van der Waals surface area contributed by atoms with Crippen molar-refractivity contribution in [3.63, 3.8) is 0 Å². The van der Waals surface area contributed by atoms with Crippen molar-refractivity contribution < 1.29 is 0 Å². The molecule has 3 aromatic rings. The summed E-state index contributed by atoms with van der Waals surface area (Å²) >= 11 is 7.28. The second kappa shape index (κ2) is 6.45. The summed E-state index contributed by atoms with van der Waals surface area (Å²) in [6.45, 7) is 6.68. The Morgan fingerprint density at radius 2 is 0.833 bits per heavy atom. The number of rotatable bonds is 3. The molecule has 0 unspecified atom stereocenters. The van der Waals surface area contributed by atoms with E-state index in [0.717, 1.165) is 16.7 Å². The Morgan fingerprint density at radius 3 is 1.21 bits per heavy atom. The van der Waals surface area contributed by atoms with Gasteiger partial charge in [0.2, 0.25) is 0 Å². The van der Waals surface area contributed by atoms with E-state index in [1.54, 1.807) is 0 Å². The first-order valence-corrected chi connectivity index (χ1v) is 8.71. The molecule has 0 aliphatic rings. The van der Waals surface area contributed by atoms with Crippen molar-refractivity contribution in [3.8, 4) is 0 Å². The molecule has 24 heavy (non-hydrogen) atoms. The molecule has 122 valence electrons. The van der Waals surface area contributed by atoms with Gasteiger partial charge in [0.15, 0.2) is 0 Å². The molecule has 3 rings (SSSR count). The Hall–Kier alpha value is -2.05. The van der Waals surface area contributed by atoms with Crippen molar-refractivity contribution in [2.75, 3.05) is 0 Å². The fourth-order valence-electron chi connectivity index (χ4n) is 3.04. The summed E-state index contributed by atoms with van der Waals surface area (Å²) in [5, 5.41) is 0. The van der Waals surface area contributed by atoms with E-state index in [-0.39, 0.29) is 5.41 Å². The lowest BCUT2D eigenvalue weighted by Crippen LogP contribution is -2.22. The fourth-order valence-corrected chi connectivity index (χ4v) is 3.41. The molecule has 0 fully saturated rings. The van der Waals surface area contributed by atoms with Gasteiger partial charge in [-0.05, 0) is 27.7 Å². The van der Waals surface area contributed by atoms with Crippen LogP contribution in [0.1, 0.15) is 43.0 Å². The van der Waals surface area contributed by atoms with Gasteiger partial charge < -0.3 is 0 Å². The van der Waals surface area contributed by atoms with Gasteiger partial charge in [0.1, 0.15) is 4.87 Å². The van der Waals surface area contributed by atoms with Crippen LogP contribution < -0.4 is 0 Å². The molecule has 0 aliphatic carbocycles. The first kappa shape index (κ1) is 16.8. The summed E-state index contributed by atoms with van der Waals surface area (Å²) in [5.41, 5.74) is 4.70. The van der Waals surface area contributed by atoms with Gasteiger partial charge in [-0.3, -0.25) is 0 Å². The molecule has 0 aliphatic heterocycles. The maximum Gasteiger partial charge on any atom is 0.119 e. The fraction of sp³-hybridized carbons (Fsp3) is 0.217. The van der Waals surface area contributed by atoms with Gasteiger partial charge in [0.05, 0.1) is 0 Å². The highest BCUT2D eigenvalue weighted by Gasteiger charge is 2.34. The highest BCUT2D eigenvalue weighted by atomic mass is 35.5. The number of benzene rings is 3. The monoisotopic (exact) mass is 334 g/mol. The first-order valence-electron chi connectivity index (χ1n) is 8.33. The lowest BCUT2D eigenvalue weighted by atomic mass is 9.81. The van der Waals surface area contributed by atoms with Crippen molar-refractivity contribution in [2.45, 2.75) is 31.1 Å². The summed E-state index contributed by atoms with van der Waals surface area (Å²) in [6, 6.07) is 29.3. The molecule has 0 N–H and O–H groups in total. The molecule has 0 spiro atoms. The number of hydrogen-bond acceptors (Lipinski definition) is 0. The maximum atomic E-state index is 7.28. The van der Waals surface area contributed by atoms with Crippen molar-refractivity contribution >= 4 is 11.6 Å². The summed E-state index contributed by atoms with van der Waals surface area (Å²) in [7, 11) is 0. The van der Waals surface area contributed by atoms with Crippen molar-refractivity contribution in [1.29, 1.82) is 0 Å². The van der Waals surface area contributed by atoms with Gasteiger partial charge in [0, 0.05) is 0 Å². The third-order valence-electron chi connectivity index (χ3n) is 4.49. The molecule has 0 radical (unpaired) electrons. The topological polar surface area (TPSA) is 0 Å². The van der Waals surface area contributed by atoms with Crippen molar-refractivity contribution in [2.24, 2.45) is 0 Å². The molecule has 1 heteroatoms. The Bertz CT molecular complexity index is 741. The molecular formula is C23H23Cl. The van der Waals surface area contributed by atoms with Crippen LogP contribution in [0.3, 0.4) is 0 Å². The van der Waals surface area contributed by atoms with Gasteiger partial charge in [-0.25, -0.2) is 0 Å². The summed E-state index contributed by atoms with van der Waals surface area (Å²) in [4.78, 5) is -0.682. The van der Waals surface area contributed by atoms with Gasteiger partial charge in [-0.15, -0.1) is 11.6 Å². The van der Waals surface area contributed by atoms with E-state index in [0.29, 0.717) is 0 Å². The lowest BCUT2D eigenvalue weighted by Gasteiger charge is -2.30. The minimum absolute atomic E-state index is 0.132. The Kier molecular flexibility index (Phi) is 4.51. The molecule has 0 bridgehead atoms. The standard InChI is InChI=1S/C23H23Cl/c1-22(2,3)18-14-16-21(17-15-18)23(24,19-10-6-4-7-11-19)20-12-8-5-9-13-20/h4-17H,1-3H3. The highest BCUT2D eigenvalue weighted by Crippen LogP contribution is 2.43. The zero-order valence-electron chi connectivity index (χ0n) is 14.5. The SMILES string of the molecule is CC(C)(C)c1ccc(C(Cl)(c2ccccc2)c2ccccc2)cc1. The van der Waals surface area contributed by atoms with Crippen molar-refractivity contribution in [1.82, 2.24) is 0 Å². The summed E-state index contributed by atoms with van der Waals surface area (Å²) in [6.07, 6.45) is 0. The van der Waals surface area contributed by atoms with E-state index in [1.165, 1.54) is 5.56 Å². The zero-order valence-corrected chi connectivity index (χ0v) is 15.2. The molecule has 0 amide bonds. The second-order valence-electron chi connectivity index (χ2n) is 7.22. The Labute approximate surface area is 150 Å². The van der Waals surface area contributed by atoms with Crippen LogP contribution in [0.25, 0.3) is 0 Å². The van der Waals surface area contributed by atoms with Gasteiger partial charge in [0.25, 0.3) is 0 Å². The molecule has 0 atom stereocenters. The normalized spacial score (nSPS) is 12.2. The third kappa shape index (κ3) is 3.12. The van der Waals surface area contributed by atoms with E-state index in [4.69, 9.17) is 11.6 Å². The van der Waals surface area contributed by atoms with Gasteiger partial charge >= 0.3 is 0 Å². The number of halogens is 1. The predicted molar refractivity (Wildman–Crippen MR) is 104 cm³/mol. The quantitative estimate of drug-likeness (QED) is 0.378. The number of alkyl halides is 1. The summed E-state index contributed by atoms with van der Waals surface area (Å²) in [5.74, 6) is 0. The molecule has 0 heterocycles. The van der Waals surface area contributed by atoms with Crippen LogP contribution in [0.2, 0.25) is 0 Å². The molecule has 0 nitrogen and oxygen atoms in total. The van der Waals surface area contributed by atoms with Crippen molar-refractivity contribution in [3.05, 3.63) is 107 Å². The Morgan fingerprint density at radius 1 is 0.500 bits per heavy atom. The van der Waals surface area contributed by atoms with Gasteiger partial charge in [-0.2, -0.15) is 0 Å². The van der Waals surface area contributed by atoms with E-state index in [2.05, 4.69) is 69.3 Å². The maximum absolute atomic E-state index is 7.28. The minimum Gasteiger partial charge on any atom is -0.104 e. The van der Waals surface area contributed by atoms with E-state index in [1.807, 2.05) is 36.4 Å². The predicted octanol–water partition coefficient (Wildman–Crippen LogP) is 6.51. The second-order valence-corrected chi connectivity index (χ2v) is 7.78. The molecule has 0 aromatic heterocycles. The van der Waals surface area contributed by atoms with Crippen LogP contribution in [0.4, 0.5) is 0 Å². The largest absolute Gasteiger partial charge is 0.119 e. The average Bonchev–Trinajstić information content (AvgIpc) is 2.62.